The van der Waals surface area contributed by atoms with Crippen molar-refractivity contribution in [2.75, 3.05) is 4.90 Å². The van der Waals surface area contributed by atoms with E-state index in [0.717, 1.165) is 49.6 Å². The van der Waals surface area contributed by atoms with Crippen LogP contribution in [0.25, 0.3) is 65.7 Å². The van der Waals surface area contributed by atoms with Crippen molar-refractivity contribution in [2.24, 2.45) is 0 Å². The van der Waals surface area contributed by atoms with Crippen LogP contribution < -0.4 is 4.90 Å². The summed E-state index contributed by atoms with van der Waals surface area (Å²) in [4.78, 5) is 34.2. The van der Waals surface area contributed by atoms with Gasteiger partial charge in [-0.1, -0.05) is 103 Å². The minimum absolute atomic E-state index is 0.309. The van der Waals surface area contributed by atoms with Crippen molar-refractivity contribution in [3.8, 4) is 45.1 Å². The monoisotopic (exact) mass is 666 g/mol. The van der Waals surface area contributed by atoms with E-state index in [9.17, 15) is 14.9 Å². The molecular weight excluding hydrogens is 641 g/mol. The van der Waals surface area contributed by atoms with E-state index in [0.29, 0.717) is 39.3 Å². The average molecular weight is 667 g/mol. The molecule has 242 valence electrons. The first-order valence-corrected chi connectivity index (χ1v) is 16.8. The number of hydrogen-bond acceptors (Lipinski definition) is 3. The predicted octanol–water partition coefficient (Wildman–Crippen LogP) is 11.0. The van der Waals surface area contributed by atoms with Gasteiger partial charge in [-0.2, -0.15) is 5.26 Å². The third kappa shape index (κ3) is 4.79. The summed E-state index contributed by atoms with van der Waals surface area (Å²) in [5.41, 5.74) is 9.31. The lowest BCUT2D eigenvalue weighted by Gasteiger charge is -2.18. The standard InChI is InChI=1S/C46H26N4O2/c1-48-35-23-29(28-47)22-34(25-35)37-17-10-18-39-38-16-8-9-20-41(38)50(44(37)39)42-21-11-19-40-43(42)46(52)49(45(40)51)36-26-32(30-12-4-2-5-13-30)24-33(27-36)31-14-6-3-7-15-31/h2-27H. The molecule has 52 heavy (non-hydrogen) atoms. The Kier molecular flexibility index (Phi) is 7.10. The largest absolute Gasteiger partial charge is 0.308 e. The van der Waals surface area contributed by atoms with Crippen LogP contribution in [0.2, 0.25) is 0 Å². The molecule has 0 aliphatic carbocycles. The molecule has 0 N–H and O–H groups in total. The van der Waals surface area contributed by atoms with Crippen LogP contribution in [-0.4, -0.2) is 16.4 Å². The Labute approximate surface area is 299 Å². The molecule has 0 fully saturated rings. The van der Waals surface area contributed by atoms with Gasteiger partial charge >= 0.3 is 0 Å². The highest BCUT2D eigenvalue weighted by molar-refractivity contribution is 6.36. The zero-order valence-corrected chi connectivity index (χ0v) is 27.6. The number of carbonyl (C=O) groups excluding carboxylic acids is 2. The fraction of sp³-hybridized carbons (Fsp3) is 0. The van der Waals surface area contributed by atoms with Gasteiger partial charge in [0.05, 0.1) is 46.2 Å². The van der Waals surface area contributed by atoms with Crippen LogP contribution in [0.3, 0.4) is 0 Å². The number of hydrogen-bond donors (Lipinski definition) is 0. The van der Waals surface area contributed by atoms with Crippen molar-refractivity contribution in [1.29, 1.82) is 5.26 Å². The Bertz CT molecular complexity index is 2770. The second kappa shape index (κ2) is 12.1. The molecule has 7 aromatic carbocycles. The molecule has 0 bridgehead atoms. The molecule has 0 radical (unpaired) electrons. The molecule has 1 aliphatic heterocycles. The van der Waals surface area contributed by atoms with E-state index >= 15 is 0 Å². The summed E-state index contributed by atoms with van der Waals surface area (Å²) in [6, 6.07) is 52.4. The van der Waals surface area contributed by atoms with E-state index in [4.69, 9.17) is 6.57 Å². The van der Waals surface area contributed by atoms with Crippen LogP contribution in [0, 0.1) is 17.9 Å². The fourth-order valence-electron chi connectivity index (χ4n) is 7.42. The van der Waals surface area contributed by atoms with Crippen LogP contribution in [0.5, 0.6) is 0 Å². The van der Waals surface area contributed by atoms with Gasteiger partial charge in [0, 0.05) is 21.9 Å². The third-order valence-corrected chi connectivity index (χ3v) is 9.71. The van der Waals surface area contributed by atoms with Crippen LogP contribution in [0.4, 0.5) is 11.4 Å². The van der Waals surface area contributed by atoms with Crippen molar-refractivity contribution in [3.05, 3.63) is 186 Å². The topological polar surface area (TPSA) is 70.5 Å². The lowest BCUT2D eigenvalue weighted by molar-refractivity contribution is 0.0926. The number of imide groups is 1. The van der Waals surface area contributed by atoms with E-state index in [1.165, 1.54) is 4.90 Å². The highest BCUT2D eigenvalue weighted by Crippen LogP contribution is 2.42. The third-order valence-electron chi connectivity index (χ3n) is 9.71. The van der Waals surface area contributed by atoms with Crippen molar-refractivity contribution in [1.82, 2.24) is 4.57 Å². The Morgan fingerprint density at radius 3 is 1.88 bits per heavy atom. The smallest absolute Gasteiger partial charge is 0.268 e. The number of amides is 2. The fourth-order valence-corrected chi connectivity index (χ4v) is 7.42. The van der Waals surface area contributed by atoms with Crippen LogP contribution in [-0.2, 0) is 0 Å². The molecule has 0 saturated heterocycles. The van der Waals surface area contributed by atoms with E-state index in [-0.39, 0.29) is 0 Å². The predicted molar refractivity (Wildman–Crippen MR) is 206 cm³/mol. The van der Waals surface area contributed by atoms with E-state index in [1.54, 1.807) is 24.3 Å². The molecule has 2 amide bonds. The van der Waals surface area contributed by atoms with Gasteiger partial charge in [0.1, 0.15) is 0 Å². The number of para-hydroxylation sites is 2. The number of carbonyl (C=O) groups is 2. The zero-order valence-electron chi connectivity index (χ0n) is 27.6. The zero-order chi connectivity index (χ0) is 35.3. The van der Waals surface area contributed by atoms with E-state index < -0.39 is 11.8 Å². The maximum Gasteiger partial charge on any atom is 0.268 e. The van der Waals surface area contributed by atoms with Gasteiger partial charge < -0.3 is 4.57 Å². The minimum atomic E-state index is -0.412. The molecule has 1 aromatic heterocycles. The second-order valence-corrected chi connectivity index (χ2v) is 12.7. The normalized spacial score (nSPS) is 12.2. The minimum Gasteiger partial charge on any atom is -0.308 e. The van der Waals surface area contributed by atoms with Gasteiger partial charge in [0.25, 0.3) is 11.8 Å². The summed E-state index contributed by atoms with van der Waals surface area (Å²) < 4.78 is 2.04. The van der Waals surface area contributed by atoms with Crippen molar-refractivity contribution in [3.63, 3.8) is 0 Å². The number of fused-ring (bicyclic) bond motifs is 4. The average Bonchev–Trinajstić information content (AvgIpc) is 3.68. The quantitative estimate of drug-likeness (QED) is 0.136. The molecule has 0 spiro atoms. The van der Waals surface area contributed by atoms with Crippen molar-refractivity contribution in [2.45, 2.75) is 0 Å². The SMILES string of the molecule is [C-]#[N+]c1cc(C#N)cc(-c2cccc3c4ccccc4n(-c4cccc5c4C(=O)N(c4cc(-c6ccccc6)cc(-c6ccccc6)c4)C5=O)c23)c1. The number of rotatable bonds is 5. The lowest BCUT2D eigenvalue weighted by atomic mass is 9.97. The first-order valence-electron chi connectivity index (χ1n) is 16.8. The molecule has 2 heterocycles. The summed E-state index contributed by atoms with van der Waals surface area (Å²) in [6.45, 7) is 7.68. The maximum atomic E-state index is 14.8. The molecule has 1 aliphatic rings. The number of anilines is 1. The maximum absolute atomic E-state index is 14.8. The number of nitriles is 1. The number of benzene rings is 7. The van der Waals surface area contributed by atoms with Gasteiger partial charge in [0.15, 0.2) is 5.69 Å². The summed E-state index contributed by atoms with van der Waals surface area (Å²) in [7, 11) is 0. The van der Waals surface area contributed by atoms with E-state index in [2.05, 4.69) is 17.0 Å². The Morgan fingerprint density at radius 1 is 0.558 bits per heavy atom. The van der Waals surface area contributed by atoms with Crippen LogP contribution in [0.1, 0.15) is 26.3 Å². The van der Waals surface area contributed by atoms with Crippen molar-refractivity contribution >= 4 is 45.0 Å². The highest BCUT2D eigenvalue weighted by atomic mass is 16.2. The van der Waals surface area contributed by atoms with Crippen LogP contribution in [0.15, 0.2) is 158 Å². The summed E-state index contributed by atoms with van der Waals surface area (Å²) >= 11 is 0. The molecule has 0 atom stereocenters. The van der Waals surface area contributed by atoms with Crippen molar-refractivity contribution < 1.29 is 9.59 Å². The molecule has 0 saturated carbocycles. The molecule has 0 unspecified atom stereocenters. The van der Waals surface area contributed by atoms with Gasteiger partial charge in [-0.3, -0.25) is 9.59 Å². The first-order chi connectivity index (χ1) is 25.5. The number of aromatic nitrogens is 1. The molecule has 8 aromatic rings. The second-order valence-electron chi connectivity index (χ2n) is 12.7. The van der Waals surface area contributed by atoms with E-state index in [1.807, 2.05) is 132 Å². The molecule has 6 heteroatoms. The van der Waals surface area contributed by atoms with Gasteiger partial charge in [-0.25, -0.2) is 9.74 Å². The first kappa shape index (κ1) is 30.5. The molecule has 9 rings (SSSR count). The van der Waals surface area contributed by atoms with Gasteiger partial charge in [0.2, 0.25) is 0 Å². The molecular formula is C46H26N4O2. The van der Waals surface area contributed by atoms with Crippen LogP contribution >= 0.6 is 0 Å². The number of nitrogens with zero attached hydrogens (tertiary/aromatic N) is 4. The molecule has 6 nitrogen and oxygen atoms in total. The Morgan fingerprint density at radius 2 is 1.19 bits per heavy atom. The summed E-state index contributed by atoms with van der Waals surface area (Å²) in [6.07, 6.45) is 0. The Balaban J connectivity index is 1.27. The summed E-state index contributed by atoms with van der Waals surface area (Å²) in [5.74, 6) is -0.805. The summed E-state index contributed by atoms with van der Waals surface area (Å²) in [5, 5.41) is 11.7. The van der Waals surface area contributed by atoms with Gasteiger partial charge in [-0.15, -0.1) is 0 Å². The lowest BCUT2D eigenvalue weighted by Crippen LogP contribution is -2.29. The highest BCUT2D eigenvalue weighted by Gasteiger charge is 2.40. The Hall–Kier alpha value is -7.54. The van der Waals surface area contributed by atoms with Gasteiger partial charge in [-0.05, 0) is 82.4 Å².